The fraction of sp³-hybridized carbons (Fsp3) is 0.800. The van der Waals surface area contributed by atoms with E-state index >= 15 is 0 Å². The maximum absolute atomic E-state index is 4.08. The summed E-state index contributed by atoms with van der Waals surface area (Å²) in [6, 6.07) is 0. The summed E-state index contributed by atoms with van der Waals surface area (Å²) in [6.07, 6.45) is 0. The molecule has 0 radical (unpaired) electrons. The van der Waals surface area contributed by atoms with E-state index < -0.39 is 0 Å². The highest BCUT2D eigenvalue weighted by Gasteiger charge is 2.32. The monoisotopic (exact) mass is 114 g/mol. The van der Waals surface area contributed by atoms with Gasteiger partial charge in [-0.2, -0.15) is 0 Å². The molecule has 0 bridgehead atoms. The van der Waals surface area contributed by atoms with Gasteiger partial charge in [-0.05, 0) is 0 Å². The van der Waals surface area contributed by atoms with Crippen LogP contribution in [0.4, 0.5) is 0 Å². The first-order valence-electron chi connectivity index (χ1n) is 2.29. The average Bonchev–Trinajstić information content (AvgIpc) is 1.84. The van der Waals surface area contributed by atoms with Gasteiger partial charge in [0.25, 0.3) is 5.54 Å². The first-order valence-corrected chi connectivity index (χ1v) is 3.28. The van der Waals surface area contributed by atoms with Gasteiger partial charge < -0.3 is 0 Å². The minimum Gasteiger partial charge on any atom is -0.0641 e. The summed E-state index contributed by atoms with van der Waals surface area (Å²) >= 11 is 1.66. The molecular weight excluding hydrogens is 106 g/mol. The van der Waals surface area contributed by atoms with E-state index in [1.165, 1.54) is 0 Å². The van der Waals surface area contributed by atoms with Gasteiger partial charge in [-0.25, -0.2) is 0 Å². The number of hydrogen-bond donors (Lipinski definition) is 0. The van der Waals surface area contributed by atoms with Crippen molar-refractivity contribution in [2.75, 3.05) is 5.75 Å². The zero-order chi connectivity index (χ0) is 5.33. The van der Waals surface area contributed by atoms with Crippen molar-refractivity contribution in [1.29, 1.82) is 0 Å². The lowest BCUT2D eigenvalue weighted by Crippen LogP contribution is -2.13. The molecule has 0 aromatic carbocycles. The molecule has 2 heteroatoms. The summed E-state index contributed by atoms with van der Waals surface area (Å²) in [4.78, 5) is 4.08. The van der Waals surface area contributed by atoms with Gasteiger partial charge in [0.05, 0.1) is 5.75 Å². The predicted octanol–water partition coefficient (Wildman–Crippen LogP) is 1.80. The molecule has 0 atom stereocenters. The molecule has 0 aliphatic carbocycles. The third-order valence-corrected chi connectivity index (χ3v) is 1.91. The van der Waals surface area contributed by atoms with Crippen molar-refractivity contribution in [2.24, 2.45) is 0 Å². The lowest BCUT2D eigenvalue weighted by molar-refractivity contribution is 0.709. The molecule has 0 saturated carbocycles. The van der Waals surface area contributed by atoms with E-state index in [2.05, 4.69) is 24.1 Å². The largest absolute Gasteiger partial charge is 0.347 e. The van der Waals surface area contributed by atoms with Gasteiger partial charge in [-0.1, -0.05) is 4.85 Å². The number of hydrogen-bond acceptors (Lipinski definition) is 1. The summed E-state index contributed by atoms with van der Waals surface area (Å²) in [5.74, 6) is 1.09. The molecule has 1 heterocycles. The van der Waals surface area contributed by atoms with Gasteiger partial charge in [-0.15, -0.1) is 0 Å². The van der Waals surface area contributed by atoms with Gasteiger partial charge >= 0.3 is 5.40 Å². The molecule has 1 aliphatic rings. The minimum atomic E-state index is 0.171. The van der Waals surface area contributed by atoms with Crippen molar-refractivity contribution in [3.8, 4) is 5.40 Å². The molecule has 0 spiro atoms. The topological polar surface area (TPSA) is 4.36 Å². The van der Waals surface area contributed by atoms with Gasteiger partial charge in [0, 0.05) is 25.6 Å². The summed E-state index contributed by atoms with van der Waals surface area (Å²) in [6.45, 7) is 4.22. The van der Waals surface area contributed by atoms with Crippen molar-refractivity contribution < 1.29 is 0 Å². The first kappa shape index (κ1) is 4.99. The zero-order valence-electron chi connectivity index (χ0n) is 4.56. The molecule has 1 nitrogen and oxygen atoms in total. The molecule has 0 aromatic rings. The third kappa shape index (κ3) is 1.10. The fourth-order valence-corrected chi connectivity index (χ4v) is 1.19. The van der Waals surface area contributed by atoms with E-state index in [9.17, 15) is 0 Å². The molecular formula is C5H8NS+. The van der Waals surface area contributed by atoms with Gasteiger partial charge in [0.15, 0.2) is 0 Å². The van der Waals surface area contributed by atoms with E-state index in [-0.39, 0.29) is 5.54 Å². The number of thiocyanates is 1. The van der Waals surface area contributed by atoms with Crippen LogP contribution in [0.3, 0.4) is 0 Å². The Bertz CT molecular complexity index is 129. The summed E-state index contributed by atoms with van der Waals surface area (Å²) in [5.41, 5.74) is 0.171. The lowest BCUT2D eigenvalue weighted by atomic mass is 10.1. The van der Waals surface area contributed by atoms with Crippen LogP contribution in [0, 0.1) is 5.40 Å². The Morgan fingerprint density at radius 3 is 2.57 bits per heavy atom. The maximum atomic E-state index is 4.08. The maximum Gasteiger partial charge on any atom is 0.347 e. The van der Waals surface area contributed by atoms with E-state index in [0.29, 0.717) is 0 Å². The van der Waals surface area contributed by atoms with Crippen molar-refractivity contribution >= 4 is 11.8 Å². The molecule has 0 unspecified atom stereocenters. The Hall–Kier alpha value is -0.160. The SMILES string of the molecule is CC1(C)CSC#[N+]1. The van der Waals surface area contributed by atoms with Crippen LogP contribution >= 0.6 is 11.8 Å². The van der Waals surface area contributed by atoms with Crippen LogP contribution in [0.5, 0.6) is 0 Å². The molecule has 0 aromatic heterocycles. The summed E-state index contributed by atoms with van der Waals surface area (Å²) in [5, 5.41) is 2.85. The van der Waals surface area contributed by atoms with Crippen molar-refractivity contribution in [1.82, 2.24) is 0 Å². The third-order valence-electron chi connectivity index (χ3n) is 0.838. The number of nitrogens with zero attached hydrogens (tertiary/aromatic N) is 1. The average molecular weight is 114 g/mol. The van der Waals surface area contributed by atoms with Crippen molar-refractivity contribution in [2.45, 2.75) is 19.4 Å². The first-order chi connectivity index (χ1) is 3.21. The van der Waals surface area contributed by atoms with Crippen LogP contribution in [0.25, 0.3) is 4.85 Å². The van der Waals surface area contributed by atoms with E-state index in [1.54, 1.807) is 11.8 Å². The second kappa shape index (κ2) is 1.41. The Balaban J connectivity index is 2.64. The quantitative estimate of drug-likeness (QED) is 0.434. The molecule has 1 aliphatic heterocycles. The molecule has 7 heavy (non-hydrogen) atoms. The standard InChI is InChI=1S/C5H8NS/c1-5(2)3-7-4-6-5/h3H2,1-2H3/q+1. The highest BCUT2D eigenvalue weighted by molar-refractivity contribution is 8.04. The van der Waals surface area contributed by atoms with Crippen LogP contribution < -0.4 is 0 Å². The summed E-state index contributed by atoms with van der Waals surface area (Å²) < 4.78 is 0. The Morgan fingerprint density at radius 2 is 2.43 bits per heavy atom. The molecule has 0 amide bonds. The van der Waals surface area contributed by atoms with E-state index in [1.807, 2.05) is 0 Å². The zero-order valence-corrected chi connectivity index (χ0v) is 5.38. The highest BCUT2D eigenvalue weighted by Crippen LogP contribution is 2.22. The molecule has 0 N–H and O–H groups in total. The number of thioether (sulfide) groups is 1. The van der Waals surface area contributed by atoms with Gasteiger partial charge in [0.1, 0.15) is 0 Å². The van der Waals surface area contributed by atoms with Crippen LogP contribution in [0.15, 0.2) is 0 Å². The summed E-state index contributed by atoms with van der Waals surface area (Å²) in [7, 11) is 0. The Morgan fingerprint density at radius 1 is 1.71 bits per heavy atom. The van der Waals surface area contributed by atoms with Crippen molar-refractivity contribution in [3.63, 3.8) is 0 Å². The second-order valence-electron chi connectivity index (χ2n) is 2.30. The van der Waals surface area contributed by atoms with Crippen LogP contribution in [0.1, 0.15) is 13.8 Å². The molecule has 1 rings (SSSR count). The Kier molecular flexibility index (Phi) is 1.01. The molecule has 0 saturated heterocycles. The minimum absolute atomic E-state index is 0.171. The van der Waals surface area contributed by atoms with E-state index in [0.717, 1.165) is 5.75 Å². The van der Waals surface area contributed by atoms with Gasteiger partial charge in [0.2, 0.25) is 0 Å². The number of rotatable bonds is 0. The van der Waals surface area contributed by atoms with Crippen molar-refractivity contribution in [3.05, 3.63) is 4.85 Å². The fourth-order valence-electron chi connectivity index (χ4n) is 0.397. The van der Waals surface area contributed by atoms with Gasteiger partial charge in [-0.3, -0.25) is 0 Å². The van der Waals surface area contributed by atoms with Crippen LogP contribution in [-0.4, -0.2) is 11.3 Å². The van der Waals surface area contributed by atoms with Crippen LogP contribution in [-0.2, 0) is 0 Å². The molecule has 38 valence electrons. The Labute approximate surface area is 47.9 Å². The normalized spacial score (nSPS) is 23.7. The smallest absolute Gasteiger partial charge is 0.0641 e. The van der Waals surface area contributed by atoms with Crippen LogP contribution in [0.2, 0.25) is 0 Å². The highest BCUT2D eigenvalue weighted by atomic mass is 32.2. The predicted molar refractivity (Wildman–Crippen MR) is 33.8 cm³/mol. The lowest BCUT2D eigenvalue weighted by Gasteiger charge is -1.93. The van der Waals surface area contributed by atoms with E-state index in [4.69, 9.17) is 0 Å². The molecule has 0 fully saturated rings. The second-order valence-corrected chi connectivity index (χ2v) is 3.06.